The maximum atomic E-state index is 8.62. The summed E-state index contributed by atoms with van der Waals surface area (Å²) >= 11 is 0. The Balaban J connectivity index is 2.85. The van der Waals surface area contributed by atoms with Crippen LogP contribution in [0.15, 0.2) is 0 Å². The Morgan fingerprint density at radius 1 is 0.471 bits per heavy atom. The molecule has 0 rings (SSSR count). The predicted molar refractivity (Wildman–Crippen MR) is 73.2 cm³/mol. The number of nitrogens with one attached hydrogen (secondary N) is 1. The molecule has 0 aromatic rings. The quantitative estimate of drug-likeness (QED) is 0.412. The van der Waals surface area contributed by atoms with Gasteiger partial charge in [-0.25, -0.2) is 0 Å². The van der Waals surface area contributed by atoms with Crippen LogP contribution in [0.1, 0.15) is 64.2 Å². The molecule has 0 bridgehead atoms. The zero-order valence-corrected chi connectivity index (χ0v) is 11.3. The molecule has 3 nitrogen and oxygen atoms in total. The fourth-order valence-electron chi connectivity index (χ4n) is 1.91. The van der Waals surface area contributed by atoms with E-state index in [1.54, 1.807) is 0 Å². The van der Waals surface area contributed by atoms with Crippen molar-refractivity contribution in [3.63, 3.8) is 0 Å². The smallest absolute Gasteiger partial charge is 0.0431 e. The summed E-state index contributed by atoms with van der Waals surface area (Å²) in [6.45, 7) is 2.91. The van der Waals surface area contributed by atoms with Crippen molar-refractivity contribution in [2.75, 3.05) is 26.3 Å². The van der Waals surface area contributed by atoms with E-state index in [4.69, 9.17) is 10.2 Å². The Labute approximate surface area is 107 Å². The number of aliphatic hydroxyl groups is 2. The second-order valence-corrected chi connectivity index (χ2v) is 4.73. The third-order valence-electron chi connectivity index (χ3n) is 3.02. The lowest BCUT2D eigenvalue weighted by molar-refractivity contribution is 0.282. The molecule has 0 aromatic heterocycles. The molecular weight excluding hydrogens is 214 g/mol. The van der Waals surface area contributed by atoms with Gasteiger partial charge in [-0.3, -0.25) is 0 Å². The zero-order valence-electron chi connectivity index (χ0n) is 11.3. The molecule has 0 unspecified atom stereocenters. The fraction of sp³-hybridized carbons (Fsp3) is 1.00. The van der Waals surface area contributed by atoms with E-state index in [1.165, 1.54) is 44.9 Å². The molecule has 3 N–H and O–H groups in total. The third-order valence-corrected chi connectivity index (χ3v) is 3.02. The molecule has 0 amide bonds. The third kappa shape index (κ3) is 15.9. The second kappa shape index (κ2) is 15.9. The first kappa shape index (κ1) is 16.9. The lowest BCUT2D eigenvalue weighted by Crippen LogP contribution is -2.16. The van der Waals surface area contributed by atoms with Gasteiger partial charge in [0.2, 0.25) is 0 Å². The Kier molecular flexibility index (Phi) is 15.8. The maximum Gasteiger partial charge on any atom is 0.0431 e. The molecule has 0 atom stereocenters. The summed E-state index contributed by atoms with van der Waals surface area (Å²) in [6, 6.07) is 0. The normalized spacial score (nSPS) is 10.9. The van der Waals surface area contributed by atoms with Crippen LogP contribution in [-0.4, -0.2) is 36.5 Å². The lowest BCUT2D eigenvalue weighted by atomic mass is 10.1. The van der Waals surface area contributed by atoms with Crippen molar-refractivity contribution < 1.29 is 10.2 Å². The van der Waals surface area contributed by atoms with E-state index < -0.39 is 0 Å². The van der Waals surface area contributed by atoms with Crippen LogP contribution in [-0.2, 0) is 0 Å². The van der Waals surface area contributed by atoms with Gasteiger partial charge >= 0.3 is 0 Å². The highest BCUT2D eigenvalue weighted by atomic mass is 16.3. The SMILES string of the molecule is OCCCCCCCCCNCCCCCO. The molecule has 17 heavy (non-hydrogen) atoms. The predicted octanol–water partition coefficient (Wildman–Crippen LogP) is 2.46. The monoisotopic (exact) mass is 245 g/mol. The van der Waals surface area contributed by atoms with Gasteiger partial charge in [-0.2, -0.15) is 0 Å². The van der Waals surface area contributed by atoms with Gasteiger partial charge in [-0.15, -0.1) is 0 Å². The largest absolute Gasteiger partial charge is 0.396 e. The van der Waals surface area contributed by atoms with Crippen molar-refractivity contribution in [1.82, 2.24) is 5.32 Å². The van der Waals surface area contributed by atoms with E-state index in [2.05, 4.69) is 5.32 Å². The van der Waals surface area contributed by atoms with Gasteiger partial charge in [-0.05, 0) is 45.2 Å². The lowest BCUT2D eigenvalue weighted by Gasteiger charge is -2.04. The molecule has 0 spiro atoms. The van der Waals surface area contributed by atoms with Crippen LogP contribution >= 0.6 is 0 Å². The van der Waals surface area contributed by atoms with E-state index in [-0.39, 0.29) is 0 Å². The molecule has 0 aliphatic carbocycles. The molecule has 0 aliphatic rings. The van der Waals surface area contributed by atoms with E-state index in [9.17, 15) is 0 Å². The number of aliphatic hydroxyl groups excluding tert-OH is 2. The topological polar surface area (TPSA) is 52.5 Å². The van der Waals surface area contributed by atoms with Crippen LogP contribution in [0.3, 0.4) is 0 Å². The summed E-state index contributed by atoms with van der Waals surface area (Å²) in [4.78, 5) is 0. The standard InChI is InChI=1S/C14H31NO2/c16-13-9-5-3-1-2-4-7-11-15-12-8-6-10-14-17/h15-17H,1-14H2. The van der Waals surface area contributed by atoms with Gasteiger partial charge in [0.15, 0.2) is 0 Å². The summed E-state index contributed by atoms with van der Waals surface area (Å²) in [5, 5.41) is 20.7. The first-order valence-electron chi connectivity index (χ1n) is 7.34. The van der Waals surface area contributed by atoms with Gasteiger partial charge in [0.25, 0.3) is 0 Å². The average molecular weight is 245 g/mol. The Bertz CT molecular complexity index is 117. The van der Waals surface area contributed by atoms with Crippen molar-refractivity contribution in [1.29, 1.82) is 0 Å². The summed E-state index contributed by atoms with van der Waals surface area (Å²) < 4.78 is 0. The number of hydrogen-bond donors (Lipinski definition) is 3. The first-order valence-corrected chi connectivity index (χ1v) is 7.34. The van der Waals surface area contributed by atoms with E-state index in [0.717, 1.165) is 32.4 Å². The summed E-state index contributed by atoms with van der Waals surface area (Å²) in [5.41, 5.74) is 0. The summed E-state index contributed by atoms with van der Waals surface area (Å²) in [6.07, 6.45) is 11.9. The number of hydrogen-bond acceptors (Lipinski definition) is 3. The van der Waals surface area contributed by atoms with Crippen molar-refractivity contribution in [2.45, 2.75) is 64.2 Å². The first-order chi connectivity index (χ1) is 8.41. The zero-order chi connectivity index (χ0) is 12.6. The Morgan fingerprint density at radius 2 is 0.824 bits per heavy atom. The van der Waals surface area contributed by atoms with Crippen molar-refractivity contribution in [2.24, 2.45) is 0 Å². The van der Waals surface area contributed by atoms with Crippen molar-refractivity contribution in [3.05, 3.63) is 0 Å². The highest BCUT2D eigenvalue weighted by Crippen LogP contribution is 2.06. The molecule has 3 heteroatoms. The highest BCUT2D eigenvalue weighted by molar-refractivity contribution is 4.51. The van der Waals surface area contributed by atoms with Crippen LogP contribution in [0.2, 0.25) is 0 Å². The van der Waals surface area contributed by atoms with Gasteiger partial charge < -0.3 is 15.5 Å². The van der Waals surface area contributed by atoms with Gasteiger partial charge in [0.1, 0.15) is 0 Å². The van der Waals surface area contributed by atoms with E-state index in [0.29, 0.717) is 13.2 Å². The van der Waals surface area contributed by atoms with Crippen LogP contribution in [0, 0.1) is 0 Å². The fourth-order valence-corrected chi connectivity index (χ4v) is 1.91. The van der Waals surface area contributed by atoms with E-state index in [1.807, 2.05) is 0 Å². The van der Waals surface area contributed by atoms with E-state index >= 15 is 0 Å². The minimum absolute atomic E-state index is 0.330. The molecule has 0 radical (unpaired) electrons. The molecule has 0 heterocycles. The van der Waals surface area contributed by atoms with Crippen LogP contribution in [0.25, 0.3) is 0 Å². The van der Waals surface area contributed by atoms with Gasteiger partial charge in [0, 0.05) is 13.2 Å². The van der Waals surface area contributed by atoms with Gasteiger partial charge in [-0.1, -0.05) is 32.1 Å². The minimum atomic E-state index is 0.330. The minimum Gasteiger partial charge on any atom is -0.396 e. The molecule has 0 saturated carbocycles. The Morgan fingerprint density at radius 3 is 1.29 bits per heavy atom. The molecule has 0 aliphatic heterocycles. The van der Waals surface area contributed by atoms with Gasteiger partial charge in [0.05, 0.1) is 0 Å². The van der Waals surface area contributed by atoms with Crippen LogP contribution < -0.4 is 5.32 Å². The molecule has 0 saturated heterocycles. The number of rotatable bonds is 14. The van der Waals surface area contributed by atoms with Crippen LogP contribution in [0.5, 0.6) is 0 Å². The Hall–Kier alpha value is -0.120. The van der Waals surface area contributed by atoms with Crippen molar-refractivity contribution >= 4 is 0 Å². The average Bonchev–Trinajstić information content (AvgIpc) is 2.35. The maximum absolute atomic E-state index is 8.62. The summed E-state index contributed by atoms with van der Waals surface area (Å²) in [7, 11) is 0. The summed E-state index contributed by atoms with van der Waals surface area (Å²) in [5.74, 6) is 0. The van der Waals surface area contributed by atoms with Crippen molar-refractivity contribution in [3.8, 4) is 0 Å². The highest BCUT2D eigenvalue weighted by Gasteiger charge is 1.92. The molecule has 104 valence electrons. The molecule has 0 aromatic carbocycles. The second-order valence-electron chi connectivity index (χ2n) is 4.73. The molecule has 0 fully saturated rings. The molecular formula is C14H31NO2. The van der Waals surface area contributed by atoms with Crippen LogP contribution in [0.4, 0.5) is 0 Å². The number of unbranched alkanes of at least 4 members (excludes halogenated alkanes) is 8.